The molecule has 2 rings (SSSR count). The van der Waals surface area contributed by atoms with Crippen LogP contribution in [0.3, 0.4) is 0 Å². The van der Waals surface area contributed by atoms with Crippen LogP contribution in [0.1, 0.15) is 24.8 Å². The Bertz CT molecular complexity index is 288. The molecular weight excluding hydrogens is 202 g/mol. The lowest BCUT2D eigenvalue weighted by molar-refractivity contribution is 0.430. The fourth-order valence-electron chi connectivity index (χ4n) is 1.90. The van der Waals surface area contributed by atoms with Crippen molar-refractivity contribution < 1.29 is 0 Å². The summed E-state index contributed by atoms with van der Waals surface area (Å²) in [5, 5.41) is 3.58. The minimum absolute atomic E-state index is 0.727. The monoisotopic (exact) mass is 221 g/mol. The SMILES string of the molecule is Cc1ccc(SCC2CCCCN2)cc1. The normalized spacial score (nSPS) is 21.5. The molecule has 1 saturated heterocycles. The lowest BCUT2D eigenvalue weighted by Gasteiger charge is -2.22. The first-order valence-corrected chi connectivity index (χ1v) is 6.76. The van der Waals surface area contributed by atoms with Gasteiger partial charge in [-0.2, -0.15) is 0 Å². The van der Waals surface area contributed by atoms with Gasteiger partial charge in [-0.15, -0.1) is 11.8 Å². The number of aryl methyl sites for hydroxylation is 1. The molecule has 0 aliphatic carbocycles. The predicted octanol–water partition coefficient (Wildman–Crippen LogP) is 3.23. The maximum Gasteiger partial charge on any atom is 0.0161 e. The van der Waals surface area contributed by atoms with E-state index >= 15 is 0 Å². The summed E-state index contributed by atoms with van der Waals surface area (Å²) >= 11 is 1.97. The smallest absolute Gasteiger partial charge is 0.0161 e. The van der Waals surface area contributed by atoms with Crippen molar-refractivity contribution in [2.75, 3.05) is 12.3 Å². The number of hydrogen-bond acceptors (Lipinski definition) is 2. The Morgan fingerprint density at radius 1 is 1.27 bits per heavy atom. The van der Waals surface area contributed by atoms with Gasteiger partial charge in [-0.3, -0.25) is 0 Å². The first-order chi connectivity index (χ1) is 7.34. The van der Waals surface area contributed by atoms with Gasteiger partial charge in [0.15, 0.2) is 0 Å². The van der Waals surface area contributed by atoms with Gasteiger partial charge in [-0.05, 0) is 38.4 Å². The van der Waals surface area contributed by atoms with Gasteiger partial charge in [0.2, 0.25) is 0 Å². The van der Waals surface area contributed by atoms with Gasteiger partial charge < -0.3 is 5.32 Å². The maximum atomic E-state index is 3.58. The van der Waals surface area contributed by atoms with Gasteiger partial charge in [0.1, 0.15) is 0 Å². The molecule has 1 atom stereocenters. The average molecular weight is 221 g/mol. The van der Waals surface area contributed by atoms with E-state index in [9.17, 15) is 0 Å². The second kappa shape index (κ2) is 5.57. The van der Waals surface area contributed by atoms with Gasteiger partial charge in [0.05, 0.1) is 0 Å². The van der Waals surface area contributed by atoms with Crippen LogP contribution in [-0.2, 0) is 0 Å². The Balaban J connectivity index is 1.79. The molecule has 1 aromatic rings. The molecule has 1 aliphatic rings. The number of nitrogens with one attached hydrogen (secondary N) is 1. The van der Waals surface area contributed by atoms with E-state index < -0.39 is 0 Å². The van der Waals surface area contributed by atoms with Gasteiger partial charge >= 0.3 is 0 Å². The highest BCUT2D eigenvalue weighted by Crippen LogP contribution is 2.21. The molecule has 1 unspecified atom stereocenters. The number of rotatable bonds is 3. The minimum Gasteiger partial charge on any atom is -0.313 e. The third-order valence-electron chi connectivity index (χ3n) is 2.88. The van der Waals surface area contributed by atoms with Crippen molar-refractivity contribution in [2.45, 2.75) is 37.1 Å². The molecule has 1 N–H and O–H groups in total. The Morgan fingerprint density at radius 2 is 2.07 bits per heavy atom. The Labute approximate surface area is 96.7 Å². The summed E-state index contributed by atoms with van der Waals surface area (Å²) in [5.74, 6) is 1.21. The minimum atomic E-state index is 0.727. The second-order valence-corrected chi connectivity index (χ2v) is 5.36. The van der Waals surface area contributed by atoms with E-state index in [-0.39, 0.29) is 0 Å². The second-order valence-electron chi connectivity index (χ2n) is 4.27. The van der Waals surface area contributed by atoms with Crippen molar-refractivity contribution in [2.24, 2.45) is 0 Å². The fraction of sp³-hybridized carbons (Fsp3) is 0.538. The highest BCUT2D eigenvalue weighted by atomic mass is 32.2. The molecule has 0 aromatic heterocycles. The first-order valence-electron chi connectivity index (χ1n) is 5.77. The first kappa shape index (κ1) is 11.0. The molecule has 0 amide bonds. The maximum absolute atomic E-state index is 3.58. The van der Waals surface area contributed by atoms with Crippen LogP contribution in [0.2, 0.25) is 0 Å². The highest BCUT2D eigenvalue weighted by molar-refractivity contribution is 7.99. The van der Waals surface area contributed by atoms with E-state index in [1.807, 2.05) is 11.8 Å². The lowest BCUT2D eigenvalue weighted by atomic mass is 10.1. The Hall–Kier alpha value is -0.470. The molecule has 1 aromatic carbocycles. The molecule has 15 heavy (non-hydrogen) atoms. The van der Waals surface area contributed by atoms with Crippen molar-refractivity contribution in [1.29, 1.82) is 0 Å². The fourth-order valence-corrected chi connectivity index (χ4v) is 2.90. The van der Waals surface area contributed by atoms with Crippen molar-refractivity contribution >= 4 is 11.8 Å². The Kier molecular flexibility index (Phi) is 4.09. The molecule has 1 nitrogen and oxygen atoms in total. The lowest BCUT2D eigenvalue weighted by Crippen LogP contribution is -2.35. The summed E-state index contributed by atoms with van der Waals surface area (Å²) in [7, 11) is 0. The molecule has 0 spiro atoms. The average Bonchev–Trinajstić information content (AvgIpc) is 2.30. The van der Waals surface area contributed by atoms with E-state index in [2.05, 4.69) is 36.5 Å². The summed E-state index contributed by atoms with van der Waals surface area (Å²) in [6, 6.07) is 9.56. The van der Waals surface area contributed by atoms with Crippen LogP contribution < -0.4 is 5.32 Å². The Morgan fingerprint density at radius 3 is 2.73 bits per heavy atom. The number of hydrogen-bond donors (Lipinski definition) is 1. The molecule has 0 radical (unpaired) electrons. The van der Waals surface area contributed by atoms with Crippen molar-refractivity contribution in [3.05, 3.63) is 29.8 Å². The summed E-state index contributed by atoms with van der Waals surface area (Å²) < 4.78 is 0. The third kappa shape index (κ3) is 3.54. The highest BCUT2D eigenvalue weighted by Gasteiger charge is 2.12. The summed E-state index contributed by atoms with van der Waals surface area (Å²) in [5.41, 5.74) is 1.34. The van der Waals surface area contributed by atoms with Crippen LogP contribution in [0.25, 0.3) is 0 Å². The third-order valence-corrected chi connectivity index (χ3v) is 4.06. The zero-order chi connectivity index (χ0) is 10.5. The van der Waals surface area contributed by atoms with Gasteiger partial charge in [-0.25, -0.2) is 0 Å². The zero-order valence-corrected chi connectivity index (χ0v) is 10.1. The van der Waals surface area contributed by atoms with Crippen LogP contribution in [0.15, 0.2) is 29.2 Å². The van der Waals surface area contributed by atoms with Crippen LogP contribution in [0, 0.1) is 6.92 Å². The van der Waals surface area contributed by atoms with E-state index in [1.54, 1.807) is 0 Å². The molecule has 1 aliphatic heterocycles. The topological polar surface area (TPSA) is 12.0 Å². The molecule has 1 fully saturated rings. The predicted molar refractivity (Wildman–Crippen MR) is 67.5 cm³/mol. The van der Waals surface area contributed by atoms with Gasteiger partial charge in [-0.1, -0.05) is 24.1 Å². The van der Waals surface area contributed by atoms with E-state index in [0.29, 0.717) is 0 Å². The van der Waals surface area contributed by atoms with Gasteiger partial charge in [0.25, 0.3) is 0 Å². The standard InChI is InChI=1S/C13H19NS/c1-11-5-7-13(8-6-11)15-10-12-4-2-3-9-14-12/h5-8,12,14H,2-4,9-10H2,1H3. The molecule has 0 bridgehead atoms. The quantitative estimate of drug-likeness (QED) is 0.787. The number of piperidine rings is 1. The van der Waals surface area contributed by atoms with Crippen LogP contribution in [0.4, 0.5) is 0 Å². The van der Waals surface area contributed by atoms with Crippen LogP contribution in [0.5, 0.6) is 0 Å². The van der Waals surface area contributed by atoms with Crippen LogP contribution >= 0.6 is 11.8 Å². The molecular formula is C13H19NS. The molecule has 82 valence electrons. The van der Waals surface area contributed by atoms with Crippen molar-refractivity contribution in [3.8, 4) is 0 Å². The summed E-state index contributed by atoms with van der Waals surface area (Å²) in [6.07, 6.45) is 4.09. The molecule has 1 heterocycles. The summed E-state index contributed by atoms with van der Waals surface area (Å²) in [6.45, 7) is 3.34. The van der Waals surface area contributed by atoms with Gasteiger partial charge in [0, 0.05) is 16.7 Å². The van der Waals surface area contributed by atoms with Crippen molar-refractivity contribution in [1.82, 2.24) is 5.32 Å². The van der Waals surface area contributed by atoms with Crippen molar-refractivity contribution in [3.63, 3.8) is 0 Å². The number of thioether (sulfide) groups is 1. The molecule has 2 heteroatoms. The van der Waals surface area contributed by atoms with E-state index in [0.717, 1.165) is 6.04 Å². The largest absolute Gasteiger partial charge is 0.313 e. The van der Waals surface area contributed by atoms with E-state index in [4.69, 9.17) is 0 Å². The van der Waals surface area contributed by atoms with E-state index in [1.165, 1.54) is 42.0 Å². The summed E-state index contributed by atoms with van der Waals surface area (Å²) in [4.78, 5) is 1.40. The zero-order valence-electron chi connectivity index (χ0n) is 9.33. The number of benzene rings is 1. The van der Waals surface area contributed by atoms with Crippen LogP contribution in [-0.4, -0.2) is 18.3 Å². The molecule has 0 saturated carbocycles.